The van der Waals surface area contributed by atoms with Gasteiger partial charge in [-0.2, -0.15) is 0 Å². The highest BCUT2D eigenvalue weighted by Gasteiger charge is 2.15. The molecule has 0 saturated carbocycles. The summed E-state index contributed by atoms with van der Waals surface area (Å²) in [6.07, 6.45) is 1.46. The minimum absolute atomic E-state index is 0.0780. The molecule has 0 aliphatic heterocycles. The van der Waals surface area contributed by atoms with Crippen molar-refractivity contribution < 1.29 is 14.3 Å². The van der Waals surface area contributed by atoms with Crippen LogP contribution in [0, 0.1) is 0 Å². The summed E-state index contributed by atoms with van der Waals surface area (Å²) in [5.74, 6) is -0.900. The number of aromatic nitrogens is 1. The molecule has 1 N–H and O–H groups in total. The Hall–Kier alpha value is -2.69. The predicted octanol–water partition coefficient (Wildman–Crippen LogP) is 2.12. The molecule has 2 aromatic rings. The van der Waals surface area contributed by atoms with E-state index in [1.165, 1.54) is 13.3 Å². The van der Waals surface area contributed by atoms with E-state index in [-0.39, 0.29) is 11.6 Å². The lowest BCUT2D eigenvalue weighted by atomic mass is 10.2. The van der Waals surface area contributed by atoms with E-state index in [0.717, 1.165) is 0 Å². The molecule has 0 bridgehead atoms. The first-order chi connectivity index (χ1) is 9.22. The summed E-state index contributed by atoms with van der Waals surface area (Å²) in [5, 5.41) is 2.64. The lowest BCUT2D eigenvalue weighted by molar-refractivity contribution is 0.0595. The summed E-state index contributed by atoms with van der Waals surface area (Å²) in [7, 11) is 1.26. The smallest absolute Gasteiger partial charge is 0.358 e. The van der Waals surface area contributed by atoms with Crippen molar-refractivity contribution in [3.05, 3.63) is 59.9 Å². The Morgan fingerprint density at radius 2 is 1.84 bits per heavy atom. The maximum Gasteiger partial charge on any atom is 0.358 e. The fraction of sp³-hybridized carbons (Fsp3) is 0.0714. The standard InChI is InChI=1S/C14H12N2O3/c1-19-14(18)12-11(8-5-9-15-12)16-13(17)10-6-3-2-4-7-10/h2-9H,1H3,(H,16,17). The Balaban J connectivity index is 2.25. The summed E-state index contributed by atoms with van der Waals surface area (Å²) < 4.78 is 4.61. The van der Waals surface area contributed by atoms with Gasteiger partial charge in [0.1, 0.15) is 0 Å². The molecule has 0 fully saturated rings. The maximum absolute atomic E-state index is 12.0. The molecule has 0 unspecified atom stereocenters. The molecule has 5 heteroatoms. The van der Waals surface area contributed by atoms with E-state index < -0.39 is 5.97 Å². The van der Waals surface area contributed by atoms with Crippen molar-refractivity contribution in [3.8, 4) is 0 Å². The largest absolute Gasteiger partial charge is 0.464 e. The molecule has 5 nitrogen and oxygen atoms in total. The summed E-state index contributed by atoms with van der Waals surface area (Å²) in [4.78, 5) is 27.4. The fourth-order valence-corrected chi connectivity index (χ4v) is 1.55. The van der Waals surface area contributed by atoms with Crippen molar-refractivity contribution in [2.24, 2.45) is 0 Å². The molecule has 1 aromatic heterocycles. The summed E-state index contributed by atoms with van der Waals surface area (Å²) in [5.41, 5.74) is 0.902. The van der Waals surface area contributed by atoms with Gasteiger partial charge in [-0.25, -0.2) is 9.78 Å². The Labute approximate surface area is 110 Å². The number of carbonyl (C=O) groups excluding carboxylic acids is 2. The SMILES string of the molecule is COC(=O)c1ncccc1NC(=O)c1ccccc1. The van der Waals surface area contributed by atoms with Crippen LogP contribution >= 0.6 is 0 Å². The third-order valence-electron chi connectivity index (χ3n) is 2.47. The molecule has 0 aliphatic carbocycles. The van der Waals surface area contributed by atoms with Gasteiger partial charge >= 0.3 is 5.97 Å². The van der Waals surface area contributed by atoms with Crippen molar-refractivity contribution in [1.82, 2.24) is 4.98 Å². The summed E-state index contributed by atoms with van der Waals surface area (Å²) >= 11 is 0. The Morgan fingerprint density at radius 3 is 2.53 bits per heavy atom. The van der Waals surface area contributed by atoms with Gasteiger partial charge in [-0.05, 0) is 24.3 Å². The van der Waals surface area contributed by atoms with E-state index in [2.05, 4.69) is 15.0 Å². The van der Waals surface area contributed by atoms with Crippen LogP contribution in [0.4, 0.5) is 5.69 Å². The van der Waals surface area contributed by atoms with Crippen LogP contribution in [0.5, 0.6) is 0 Å². The van der Waals surface area contributed by atoms with E-state index in [0.29, 0.717) is 11.3 Å². The number of amides is 1. The van der Waals surface area contributed by atoms with Gasteiger partial charge in [0, 0.05) is 11.8 Å². The molecule has 96 valence electrons. The monoisotopic (exact) mass is 256 g/mol. The summed E-state index contributed by atoms with van der Waals surface area (Å²) in [6.45, 7) is 0. The second-order valence-corrected chi connectivity index (χ2v) is 3.71. The van der Waals surface area contributed by atoms with E-state index >= 15 is 0 Å². The van der Waals surface area contributed by atoms with Crippen LogP contribution in [0.15, 0.2) is 48.7 Å². The molecule has 0 aliphatic rings. The van der Waals surface area contributed by atoms with E-state index in [1.807, 2.05) is 6.07 Å². The zero-order chi connectivity index (χ0) is 13.7. The number of carbonyl (C=O) groups is 2. The number of anilines is 1. The number of hydrogen-bond acceptors (Lipinski definition) is 4. The van der Waals surface area contributed by atoms with Crippen LogP contribution in [0.25, 0.3) is 0 Å². The second kappa shape index (κ2) is 5.77. The van der Waals surface area contributed by atoms with E-state index in [1.54, 1.807) is 36.4 Å². The summed E-state index contributed by atoms with van der Waals surface area (Å²) in [6, 6.07) is 11.9. The minimum atomic E-state index is -0.594. The van der Waals surface area contributed by atoms with Gasteiger partial charge in [0.25, 0.3) is 5.91 Å². The topological polar surface area (TPSA) is 68.3 Å². The highest BCUT2D eigenvalue weighted by Crippen LogP contribution is 2.14. The van der Waals surface area contributed by atoms with Crippen LogP contribution in [0.1, 0.15) is 20.8 Å². The number of methoxy groups -OCH3 is 1. The highest BCUT2D eigenvalue weighted by atomic mass is 16.5. The van der Waals surface area contributed by atoms with Crippen LogP contribution in [0.3, 0.4) is 0 Å². The number of pyridine rings is 1. The molecule has 0 spiro atoms. The number of nitrogens with zero attached hydrogens (tertiary/aromatic N) is 1. The van der Waals surface area contributed by atoms with Crippen molar-refractivity contribution in [2.75, 3.05) is 12.4 Å². The first-order valence-electron chi connectivity index (χ1n) is 5.62. The van der Waals surface area contributed by atoms with Crippen LogP contribution in [-0.4, -0.2) is 24.0 Å². The molecule has 1 amide bonds. The molecule has 0 radical (unpaired) electrons. The molecule has 1 heterocycles. The van der Waals surface area contributed by atoms with Gasteiger partial charge in [0.05, 0.1) is 12.8 Å². The zero-order valence-electron chi connectivity index (χ0n) is 10.3. The normalized spacial score (nSPS) is 9.74. The van der Waals surface area contributed by atoms with Crippen molar-refractivity contribution >= 4 is 17.6 Å². The predicted molar refractivity (Wildman–Crippen MR) is 70.0 cm³/mol. The van der Waals surface area contributed by atoms with Crippen molar-refractivity contribution in [1.29, 1.82) is 0 Å². The van der Waals surface area contributed by atoms with Gasteiger partial charge in [0.15, 0.2) is 5.69 Å². The second-order valence-electron chi connectivity index (χ2n) is 3.71. The Morgan fingerprint density at radius 1 is 1.11 bits per heavy atom. The minimum Gasteiger partial charge on any atom is -0.464 e. The molecular formula is C14H12N2O3. The van der Waals surface area contributed by atoms with Crippen molar-refractivity contribution in [2.45, 2.75) is 0 Å². The molecule has 0 atom stereocenters. The average Bonchev–Trinajstić information content (AvgIpc) is 2.48. The van der Waals surface area contributed by atoms with Crippen molar-refractivity contribution in [3.63, 3.8) is 0 Å². The molecule has 0 saturated heterocycles. The lowest BCUT2D eigenvalue weighted by Gasteiger charge is -2.08. The first-order valence-corrected chi connectivity index (χ1v) is 5.62. The van der Waals surface area contributed by atoms with Gasteiger partial charge < -0.3 is 10.1 Å². The fourth-order valence-electron chi connectivity index (χ4n) is 1.55. The number of hydrogen-bond donors (Lipinski definition) is 1. The van der Waals surface area contributed by atoms with Gasteiger partial charge in [-0.15, -0.1) is 0 Å². The van der Waals surface area contributed by atoms with Crippen LogP contribution in [-0.2, 0) is 4.74 Å². The Kier molecular flexibility index (Phi) is 3.87. The highest BCUT2D eigenvalue weighted by molar-refractivity contribution is 6.07. The first kappa shape index (κ1) is 12.8. The average molecular weight is 256 g/mol. The van der Waals surface area contributed by atoms with Gasteiger partial charge in [-0.1, -0.05) is 18.2 Å². The zero-order valence-corrected chi connectivity index (χ0v) is 10.3. The molecule has 1 aromatic carbocycles. The van der Waals surface area contributed by atoms with Crippen LogP contribution in [0.2, 0.25) is 0 Å². The number of esters is 1. The molecular weight excluding hydrogens is 244 g/mol. The van der Waals surface area contributed by atoms with Gasteiger partial charge in [-0.3, -0.25) is 4.79 Å². The maximum atomic E-state index is 12.0. The molecule has 2 rings (SSSR count). The van der Waals surface area contributed by atoms with Gasteiger partial charge in [0.2, 0.25) is 0 Å². The Bertz CT molecular complexity index is 597. The number of ether oxygens (including phenoxy) is 1. The third kappa shape index (κ3) is 2.95. The van der Waals surface area contributed by atoms with E-state index in [4.69, 9.17) is 0 Å². The van der Waals surface area contributed by atoms with E-state index in [9.17, 15) is 9.59 Å². The quantitative estimate of drug-likeness (QED) is 0.854. The van der Waals surface area contributed by atoms with Crippen LogP contribution < -0.4 is 5.32 Å². The number of nitrogens with one attached hydrogen (secondary N) is 1. The number of rotatable bonds is 3. The number of benzene rings is 1. The molecule has 19 heavy (non-hydrogen) atoms. The third-order valence-corrected chi connectivity index (χ3v) is 2.47. The lowest BCUT2D eigenvalue weighted by Crippen LogP contribution is -2.16.